The number of carbonyl (C=O) groups excluding carboxylic acids is 1. The van der Waals surface area contributed by atoms with Crippen LogP contribution in [0.4, 0.5) is 23.2 Å². The highest BCUT2D eigenvalue weighted by molar-refractivity contribution is 5.96. The fraction of sp³-hybridized carbons (Fsp3) is 0.267. The average Bonchev–Trinajstić information content (AvgIpc) is 2.55. The first-order chi connectivity index (χ1) is 12.5. The molecule has 1 aromatic heterocycles. The minimum atomic E-state index is -4.75. The molecule has 27 heavy (non-hydrogen) atoms. The largest absolute Gasteiger partial charge is 0.491 e. The first kappa shape index (κ1) is 20.0. The summed E-state index contributed by atoms with van der Waals surface area (Å²) in [5.41, 5.74) is 1.31. The van der Waals surface area contributed by atoms with E-state index >= 15 is 0 Å². The third-order valence-corrected chi connectivity index (χ3v) is 3.28. The minimum Gasteiger partial charge on any atom is -0.491 e. The monoisotopic (exact) mass is 390 g/mol. The van der Waals surface area contributed by atoms with Gasteiger partial charge in [0.25, 0.3) is 11.5 Å². The zero-order chi connectivity index (χ0) is 20.4. The lowest BCUT2D eigenvalue weighted by atomic mass is 10.2. The van der Waals surface area contributed by atoms with Gasteiger partial charge in [0.05, 0.1) is 11.6 Å². The molecular formula is C15H14F4N4O4. The van der Waals surface area contributed by atoms with Crippen molar-refractivity contribution in [2.45, 2.75) is 19.1 Å². The Hall–Kier alpha value is -3.31. The number of aromatic amines is 2. The summed E-state index contributed by atoms with van der Waals surface area (Å²) in [5.74, 6) is -2.42. The number of amides is 1. The molecule has 1 amide bonds. The van der Waals surface area contributed by atoms with Gasteiger partial charge in [-0.2, -0.15) is 13.2 Å². The van der Waals surface area contributed by atoms with Crippen molar-refractivity contribution in [3.05, 3.63) is 56.1 Å². The number of hydrogen-bond acceptors (Lipinski definition) is 5. The van der Waals surface area contributed by atoms with Crippen LogP contribution in [0.15, 0.2) is 27.8 Å². The van der Waals surface area contributed by atoms with Gasteiger partial charge in [-0.05, 0) is 19.1 Å². The standard InChI is InChI=1S/C15H14F4N4O4/c1-6(21-13(25)11-10(20)12(24)23-14(26)22-11)5-27-9-3-7(15(17,18)19)2-8(16)4-9/h2-4,6H,5,20H2,1H3,(H,21,25)(H2,22,23,24,26)/t6-/m1/s1. The Bertz CT molecular complexity index is 968. The Kier molecular flexibility index (Phi) is 5.57. The zero-order valence-corrected chi connectivity index (χ0v) is 13.7. The predicted molar refractivity (Wildman–Crippen MR) is 85.9 cm³/mol. The van der Waals surface area contributed by atoms with Crippen molar-refractivity contribution >= 4 is 11.6 Å². The number of halogens is 4. The first-order valence-electron chi connectivity index (χ1n) is 7.41. The molecular weight excluding hydrogens is 376 g/mol. The van der Waals surface area contributed by atoms with Crippen LogP contribution in [0, 0.1) is 5.82 Å². The van der Waals surface area contributed by atoms with E-state index in [-0.39, 0.29) is 12.4 Å². The van der Waals surface area contributed by atoms with Gasteiger partial charge in [-0.3, -0.25) is 14.6 Å². The Labute approximate surface area is 148 Å². The molecule has 1 aromatic carbocycles. The summed E-state index contributed by atoms with van der Waals surface area (Å²) in [6, 6.07) is 0.918. The molecule has 146 valence electrons. The van der Waals surface area contributed by atoms with E-state index in [1.165, 1.54) is 6.92 Å². The first-order valence-corrected chi connectivity index (χ1v) is 7.41. The molecule has 5 N–H and O–H groups in total. The summed E-state index contributed by atoms with van der Waals surface area (Å²) in [6.45, 7) is 1.11. The van der Waals surface area contributed by atoms with Crippen molar-refractivity contribution in [2.24, 2.45) is 0 Å². The molecule has 0 fully saturated rings. The molecule has 0 aliphatic heterocycles. The van der Waals surface area contributed by atoms with Gasteiger partial charge in [0.2, 0.25) is 0 Å². The maximum atomic E-state index is 13.3. The third kappa shape index (κ3) is 5.09. The van der Waals surface area contributed by atoms with Crippen LogP contribution in [0.25, 0.3) is 0 Å². The van der Waals surface area contributed by atoms with Crippen LogP contribution in [0.5, 0.6) is 5.75 Å². The van der Waals surface area contributed by atoms with Crippen LogP contribution in [-0.2, 0) is 6.18 Å². The molecule has 0 unspecified atom stereocenters. The second kappa shape index (κ2) is 7.51. The van der Waals surface area contributed by atoms with E-state index in [9.17, 15) is 31.9 Å². The molecule has 0 radical (unpaired) electrons. The lowest BCUT2D eigenvalue weighted by Crippen LogP contribution is -2.40. The molecule has 0 saturated carbocycles. The van der Waals surface area contributed by atoms with E-state index < -0.39 is 52.1 Å². The highest BCUT2D eigenvalue weighted by atomic mass is 19.4. The molecule has 2 rings (SSSR count). The Morgan fingerprint density at radius 3 is 2.56 bits per heavy atom. The van der Waals surface area contributed by atoms with Crippen LogP contribution in [0.3, 0.4) is 0 Å². The molecule has 12 heteroatoms. The second-order valence-electron chi connectivity index (χ2n) is 5.56. The number of benzene rings is 1. The van der Waals surface area contributed by atoms with E-state index in [4.69, 9.17) is 10.5 Å². The summed E-state index contributed by atoms with van der Waals surface area (Å²) in [5, 5.41) is 2.34. The maximum absolute atomic E-state index is 13.3. The van der Waals surface area contributed by atoms with Gasteiger partial charge in [-0.1, -0.05) is 0 Å². The highest BCUT2D eigenvalue weighted by Gasteiger charge is 2.31. The predicted octanol–water partition coefficient (Wildman–Crippen LogP) is 1.00. The van der Waals surface area contributed by atoms with Gasteiger partial charge in [0.1, 0.15) is 29.6 Å². The Morgan fingerprint density at radius 2 is 1.93 bits per heavy atom. The number of hydrogen-bond donors (Lipinski definition) is 4. The van der Waals surface area contributed by atoms with Gasteiger partial charge in [0.15, 0.2) is 0 Å². The van der Waals surface area contributed by atoms with Crippen LogP contribution in [0.1, 0.15) is 23.0 Å². The summed E-state index contributed by atoms with van der Waals surface area (Å²) in [4.78, 5) is 38.5. The fourth-order valence-corrected chi connectivity index (χ4v) is 2.04. The van der Waals surface area contributed by atoms with Crippen molar-refractivity contribution in [1.29, 1.82) is 0 Å². The Balaban J connectivity index is 2.06. The van der Waals surface area contributed by atoms with Crippen LogP contribution in [0.2, 0.25) is 0 Å². The number of anilines is 1. The maximum Gasteiger partial charge on any atom is 0.416 e. The number of H-pyrrole nitrogens is 2. The number of ether oxygens (including phenoxy) is 1. The molecule has 0 bridgehead atoms. The van der Waals surface area contributed by atoms with Gasteiger partial charge >= 0.3 is 11.9 Å². The molecule has 0 aliphatic rings. The number of carbonyl (C=O) groups is 1. The number of nitrogens with one attached hydrogen (secondary N) is 3. The topological polar surface area (TPSA) is 130 Å². The van der Waals surface area contributed by atoms with Gasteiger partial charge < -0.3 is 20.8 Å². The molecule has 0 spiro atoms. The quantitative estimate of drug-likeness (QED) is 0.566. The number of aromatic nitrogens is 2. The summed E-state index contributed by atoms with van der Waals surface area (Å²) < 4.78 is 56.4. The minimum absolute atomic E-state index is 0.320. The van der Waals surface area contributed by atoms with Crippen molar-refractivity contribution in [1.82, 2.24) is 15.3 Å². The summed E-state index contributed by atoms with van der Waals surface area (Å²) >= 11 is 0. The molecule has 8 nitrogen and oxygen atoms in total. The zero-order valence-electron chi connectivity index (χ0n) is 13.7. The van der Waals surface area contributed by atoms with E-state index in [0.717, 1.165) is 6.07 Å². The van der Waals surface area contributed by atoms with E-state index in [1.807, 2.05) is 4.98 Å². The van der Waals surface area contributed by atoms with Gasteiger partial charge in [0, 0.05) is 6.07 Å². The normalized spacial score (nSPS) is 12.5. The number of nitrogen functional groups attached to an aromatic ring is 1. The van der Waals surface area contributed by atoms with Crippen LogP contribution < -0.4 is 27.0 Å². The van der Waals surface area contributed by atoms with Crippen molar-refractivity contribution in [3.8, 4) is 5.75 Å². The van der Waals surface area contributed by atoms with Gasteiger partial charge in [-0.25, -0.2) is 9.18 Å². The smallest absolute Gasteiger partial charge is 0.416 e. The highest BCUT2D eigenvalue weighted by Crippen LogP contribution is 2.32. The summed E-state index contributed by atoms with van der Waals surface area (Å²) in [6.07, 6.45) is -4.75. The molecule has 0 aliphatic carbocycles. The van der Waals surface area contributed by atoms with Crippen molar-refractivity contribution in [2.75, 3.05) is 12.3 Å². The SMILES string of the molecule is C[C@H](COc1cc(F)cc(C(F)(F)F)c1)NC(=O)c1[nH]c(=O)[nH]c(=O)c1N. The van der Waals surface area contributed by atoms with Crippen LogP contribution >= 0.6 is 0 Å². The second-order valence-corrected chi connectivity index (χ2v) is 5.56. The van der Waals surface area contributed by atoms with E-state index in [0.29, 0.717) is 12.1 Å². The molecule has 2 aromatic rings. The lowest BCUT2D eigenvalue weighted by Gasteiger charge is -2.16. The number of nitrogens with two attached hydrogens (primary N) is 1. The molecule has 1 atom stereocenters. The average molecular weight is 390 g/mol. The third-order valence-electron chi connectivity index (χ3n) is 3.28. The summed E-state index contributed by atoms with van der Waals surface area (Å²) in [7, 11) is 0. The van der Waals surface area contributed by atoms with E-state index in [2.05, 4.69) is 10.3 Å². The fourth-order valence-electron chi connectivity index (χ4n) is 2.04. The number of alkyl halides is 3. The Morgan fingerprint density at radius 1 is 1.26 bits per heavy atom. The van der Waals surface area contributed by atoms with Crippen molar-refractivity contribution < 1.29 is 27.1 Å². The molecule has 1 heterocycles. The molecule has 0 saturated heterocycles. The van der Waals surface area contributed by atoms with Crippen LogP contribution in [-0.4, -0.2) is 28.5 Å². The van der Waals surface area contributed by atoms with E-state index in [1.54, 1.807) is 0 Å². The lowest BCUT2D eigenvalue weighted by molar-refractivity contribution is -0.137. The van der Waals surface area contributed by atoms with Crippen molar-refractivity contribution in [3.63, 3.8) is 0 Å². The van der Waals surface area contributed by atoms with Gasteiger partial charge in [-0.15, -0.1) is 0 Å². The number of rotatable bonds is 5.